The molecule has 1 heterocycles. The highest BCUT2D eigenvalue weighted by Crippen LogP contribution is 2.13. The van der Waals surface area contributed by atoms with Crippen LogP contribution in [-0.2, 0) is 0 Å². The van der Waals surface area contributed by atoms with Crippen molar-refractivity contribution < 1.29 is 0 Å². The van der Waals surface area contributed by atoms with Crippen molar-refractivity contribution in [1.82, 2.24) is 10.3 Å². The van der Waals surface area contributed by atoms with Crippen molar-refractivity contribution in [3.8, 4) is 11.8 Å². The summed E-state index contributed by atoms with van der Waals surface area (Å²) in [4.78, 5) is 4.07. The van der Waals surface area contributed by atoms with E-state index in [1.807, 2.05) is 26.2 Å². The minimum absolute atomic E-state index is 0.293. The summed E-state index contributed by atoms with van der Waals surface area (Å²) in [5, 5.41) is 3.21. The Morgan fingerprint density at radius 3 is 3.00 bits per heavy atom. The molecule has 0 radical (unpaired) electrons. The molecule has 68 valence electrons. The topological polar surface area (TPSA) is 24.9 Å². The zero-order valence-corrected chi connectivity index (χ0v) is 8.04. The van der Waals surface area contributed by atoms with E-state index in [1.165, 1.54) is 5.56 Å². The zero-order valence-electron chi connectivity index (χ0n) is 8.04. The highest BCUT2D eigenvalue weighted by molar-refractivity contribution is 5.16. The van der Waals surface area contributed by atoms with Gasteiger partial charge in [-0.1, -0.05) is 6.07 Å². The van der Waals surface area contributed by atoms with Gasteiger partial charge in [-0.25, -0.2) is 0 Å². The Balaban J connectivity index is 2.70. The Hall–Kier alpha value is -1.33. The summed E-state index contributed by atoms with van der Waals surface area (Å²) in [6, 6.07) is 4.30. The summed E-state index contributed by atoms with van der Waals surface area (Å²) in [6.07, 6.45) is 4.49. The molecule has 2 heteroatoms. The highest BCUT2D eigenvalue weighted by atomic mass is 14.9. The number of aromatic nitrogens is 1. The molecule has 0 fully saturated rings. The molecule has 0 spiro atoms. The number of hydrogen-bond donors (Lipinski definition) is 1. The smallest absolute Gasteiger partial charge is 0.0443 e. The van der Waals surface area contributed by atoms with E-state index in [0.29, 0.717) is 6.04 Å². The first-order valence-corrected chi connectivity index (χ1v) is 4.35. The molecular formula is C11H14N2. The Morgan fingerprint density at radius 2 is 2.46 bits per heavy atom. The van der Waals surface area contributed by atoms with Crippen molar-refractivity contribution in [1.29, 1.82) is 0 Å². The van der Waals surface area contributed by atoms with Gasteiger partial charge in [-0.3, -0.25) is 4.98 Å². The second kappa shape index (κ2) is 5.34. The van der Waals surface area contributed by atoms with Crippen molar-refractivity contribution >= 4 is 0 Å². The largest absolute Gasteiger partial charge is 0.312 e. The van der Waals surface area contributed by atoms with Gasteiger partial charge >= 0.3 is 0 Å². The number of rotatable bonds is 3. The summed E-state index contributed by atoms with van der Waals surface area (Å²) in [5.41, 5.74) is 1.19. The summed E-state index contributed by atoms with van der Waals surface area (Å²) in [6.45, 7) is 1.86. The van der Waals surface area contributed by atoms with Crippen LogP contribution in [0.15, 0.2) is 24.5 Å². The van der Waals surface area contributed by atoms with Crippen LogP contribution in [0.25, 0.3) is 0 Å². The van der Waals surface area contributed by atoms with Crippen molar-refractivity contribution in [3.63, 3.8) is 0 Å². The molecule has 0 saturated heterocycles. The van der Waals surface area contributed by atoms with E-state index in [9.17, 15) is 0 Å². The first kappa shape index (κ1) is 9.76. The average molecular weight is 174 g/mol. The van der Waals surface area contributed by atoms with Gasteiger partial charge in [0.2, 0.25) is 0 Å². The zero-order chi connectivity index (χ0) is 9.52. The van der Waals surface area contributed by atoms with E-state index in [-0.39, 0.29) is 0 Å². The van der Waals surface area contributed by atoms with Crippen LogP contribution in [0.5, 0.6) is 0 Å². The maximum absolute atomic E-state index is 4.07. The molecular weight excluding hydrogens is 160 g/mol. The Labute approximate surface area is 79.4 Å². The number of nitrogens with one attached hydrogen (secondary N) is 1. The molecule has 1 aromatic heterocycles. The van der Waals surface area contributed by atoms with Crippen LogP contribution in [0.3, 0.4) is 0 Å². The molecule has 0 bridgehead atoms. The fourth-order valence-electron chi connectivity index (χ4n) is 1.17. The number of pyridine rings is 1. The van der Waals surface area contributed by atoms with Crippen LogP contribution in [-0.4, -0.2) is 12.0 Å². The van der Waals surface area contributed by atoms with E-state index in [1.54, 1.807) is 6.20 Å². The standard InChI is InChI=1S/C11H14N2/c1-3-4-7-11(12-2)10-6-5-8-13-9-10/h5-6,8-9,11-12H,7H2,1-2H3. The SMILES string of the molecule is CC#CCC(NC)c1cccnc1. The fraction of sp³-hybridized carbons (Fsp3) is 0.364. The van der Waals surface area contributed by atoms with Crippen molar-refractivity contribution in [2.45, 2.75) is 19.4 Å². The summed E-state index contributed by atoms with van der Waals surface area (Å²) in [5.74, 6) is 5.95. The van der Waals surface area contributed by atoms with Gasteiger partial charge < -0.3 is 5.32 Å². The van der Waals surface area contributed by atoms with E-state index in [4.69, 9.17) is 0 Å². The quantitative estimate of drug-likeness (QED) is 0.706. The van der Waals surface area contributed by atoms with Gasteiger partial charge in [0, 0.05) is 24.9 Å². The van der Waals surface area contributed by atoms with Crippen LogP contribution in [0.4, 0.5) is 0 Å². The molecule has 0 saturated carbocycles. The molecule has 1 atom stereocenters. The normalized spacial score (nSPS) is 11.5. The first-order valence-electron chi connectivity index (χ1n) is 4.35. The van der Waals surface area contributed by atoms with Gasteiger partial charge in [0.15, 0.2) is 0 Å². The molecule has 0 amide bonds. The Kier molecular flexibility index (Phi) is 4.01. The lowest BCUT2D eigenvalue weighted by Gasteiger charge is -2.12. The third-order valence-corrected chi connectivity index (χ3v) is 1.92. The van der Waals surface area contributed by atoms with Crippen LogP contribution >= 0.6 is 0 Å². The fourth-order valence-corrected chi connectivity index (χ4v) is 1.17. The molecule has 1 unspecified atom stereocenters. The van der Waals surface area contributed by atoms with Gasteiger partial charge in [0.1, 0.15) is 0 Å². The van der Waals surface area contributed by atoms with Crippen LogP contribution in [0.2, 0.25) is 0 Å². The second-order valence-corrected chi connectivity index (χ2v) is 2.76. The number of hydrogen-bond acceptors (Lipinski definition) is 2. The minimum Gasteiger partial charge on any atom is -0.312 e. The molecule has 0 aromatic carbocycles. The Morgan fingerprint density at radius 1 is 1.62 bits per heavy atom. The van der Waals surface area contributed by atoms with Crippen molar-refractivity contribution in [2.24, 2.45) is 0 Å². The molecule has 0 aliphatic carbocycles. The summed E-state index contributed by atoms with van der Waals surface area (Å²) in [7, 11) is 1.94. The van der Waals surface area contributed by atoms with Gasteiger partial charge in [0.25, 0.3) is 0 Å². The minimum atomic E-state index is 0.293. The number of nitrogens with zero attached hydrogens (tertiary/aromatic N) is 1. The van der Waals surface area contributed by atoms with Crippen LogP contribution < -0.4 is 5.32 Å². The van der Waals surface area contributed by atoms with E-state index < -0.39 is 0 Å². The molecule has 1 rings (SSSR count). The highest BCUT2D eigenvalue weighted by Gasteiger charge is 2.05. The third-order valence-electron chi connectivity index (χ3n) is 1.92. The lowest BCUT2D eigenvalue weighted by atomic mass is 10.1. The first-order chi connectivity index (χ1) is 6.38. The maximum atomic E-state index is 4.07. The van der Waals surface area contributed by atoms with Crippen LogP contribution in [0.1, 0.15) is 24.9 Å². The molecule has 0 aliphatic heterocycles. The van der Waals surface area contributed by atoms with E-state index in [2.05, 4.69) is 28.2 Å². The van der Waals surface area contributed by atoms with Gasteiger partial charge in [0.05, 0.1) is 0 Å². The summed E-state index contributed by atoms with van der Waals surface area (Å²) >= 11 is 0. The maximum Gasteiger partial charge on any atom is 0.0443 e. The second-order valence-electron chi connectivity index (χ2n) is 2.76. The molecule has 2 nitrogen and oxygen atoms in total. The van der Waals surface area contributed by atoms with Crippen LogP contribution in [0, 0.1) is 11.8 Å². The average Bonchev–Trinajstić information content (AvgIpc) is 2.21. The molecule has 0 aliphatic rings. The molecule has 13 heavy (non-hydrogen) atoms. The monoisotopic (exact) mass is 174 g/mol. The Bertz CT molecular complexity index is 295. The van der Waals surface area contributed by atoms with Crippen molar-refractivity contribution in [3.05, 3.63) is 30.1 Å². The van der Waals surface area contributed by atoms with Gasteiger partial charge in [-0.15, -0.1) is 11.8 Å². The lowest BCUT2D eigenvalue weighted by Crippen LogP contribution is -2.15. The predicted octanol–water partition coefficient (Wildman–Crippen LogP) is 1.76. The van der Waals surface area contributed by atoms with Crippen molar-refractivity contribution in [2.75, 3.05) is 7.05 Å². The molecule has 1 N–H and O–H groups in total. The van der Waals surface area contributed by atoms with E-state index >= 15 is 0 Å². The lowest BCUT2D eigenvalue weighted by molar-refractivity contribution is 0.609. The third kappa shape index (κ3) is 2.89. The van der Waals surface area contributed by atoms with Gasteiger partial charge in [-0.2, -0.15) is 0 Å². The predicted molar refractivity (Wildman–Crippen MR) is 54.1 cm³/mol. The van der Waals surface area contributed by atoms with Gasteiger partial charge in [-0.05, 0) is 25.6 Å². The summed E-state index contributed by atoms with van der Waals surface area (Å²) < 4.78 is 0. The molecule has 1 aromatic rings. The van der Waals surface area contributed by atoms with E-state index in [0.717, 1.165) is 6.42 Å².